The van der Waals surface area contributed by atoms with Crippen LogP contribution >= 0.6 is 11.3 Å². The Bertz CT molecular complexity index is 2910. The van der Waals surface area contributed by atoms with Crippen molar-refractivity contribution in [3.8, 4) is 27.9 Å². The fourth-order valence-corrected chi connectivity index (χ4v) is 9.53. The number of fused-ring (bicyclic) bond motifs is 9. The van der Waals surface area contributed by atoms with Gasteiger partial charge in [0.25, 0.3) is 0 Å². The SMILES string of the molecule is C1=CB2N(C=C1)c1ccccc1N2c1ccc2c(c1)c1ccccc1n2-c1cccc(-c2cccc(-c3cccc4c3sc3ccccc34)c2)c1. The standard InChI is InChI=1S/C46H30BN3S/c1-3-20-41-37(16-1)40-30-35(50-44-22-5-4-21-43(44)48-27-8-7-26-47(48)50)24-25-42(40)49(41)34-15-10-13-32(29-34)31-12-9-14-33(28-31)36-18-11-19-39-38-17-2-6-23-45(38)51-46(36)39/h1-30H. The average Bonchev–Trinajstić information content (AvgIpc) is 3.86. The van der Waals surface area contributed by atoms with Crippen molar-refractivity contribution in [1.29, 1.82) is 0 Å². The quantitative estimate of drug-likeness (QED) is 0.173. The molecule has 0 aliphatic carbocycles. The van der Waals surface area contributed by atoms with Crippen LogP contribution in [0.3, 0.4) is 0 Å². The second kappa shape index (κ2) is 11.1. The van der Waals surface area contributed by atoms with Crippen molar-refractivity contribution in [1.82, 2.24) is 4.57 Å². The predicted molar refractivity (Wildman–Crippen MR) is 220 cm³/mol. The van der Waals surface area contributed by atoms with E-state index < -0.39 is 0 Å². The van der Waals surface area contributed by atoms with E-state index in [1.54, 1.807) is 0 Å². The Hall–Kier alpha value is -6.30. The maximum Gasteiger partial charge on any atom is 0.412 e. The van der Waals surface area contributed by atoms with E-state index in [0.717, 1.165) is 5.69 Å². The van der Waals surface area contributed by atoms with Crippen molar-refractivity contribution in [2.24, 2.45) is 0 Å². The number of nitrogens with zero attached hydrogens (tertiary/aromatic N) is 3. The second-order valence-corrected chi connectivity index (χ2v) is 14.4. The molecular weight excluding hydrogens is 637 g/mol. The number of allylic oxidation sites excluding steroid dienone is 2. The number of benzene rings is 7. The van der Waals surface area contributed by atoms with Crippen LogP contribution in [0.4, 0.5) is 17.1 Å². The molecule has 11 rings (SSSR count). The van der Waals surface area contributed by atoms with E-state index in [9.17, 15) is 0 Å². The van der Waals surface area contributed by atoms with Gasteiger partial charge in [0, 0.05) is 42.3 Å². The van der Waals surface area contributed by atoms with Gasteiger partial charge in [-0.25, -0.2) is 0 Å². The zero-order valence-corrected chi connectivity index (χ0v) is 28.5. The van der Waals surface area contributed by atoms with E-state index in [1.807, 2.05) is 11.3 Å². The number of hydrogen-bond donors (Lipinski definition) is 0. The minimum atomic E-state index is 0.108. The van der Waals surface area contributed by atoms with Crippen molar-refractivity contribution in [3.63, 3.8) is 0 Å². The lowest BCUT2D eigenvalue weighted by atomic mass is 9.71. The molecule has 0 bridgehead atoms. The Labute approximate surface area is 300 Å². The molecule has 5 heteroatoms. The molecule has 0 atom stereocenters. The summed E-state index contributed by atoms with van der Waals surface area (Å²) in [5.41, 5.74) is 12.1. The third-order valence-electron chi connectivity index (χ3n) is 10.6. The van der Waals surface area contributed by atoms with Crippen molar-refractivity contribution < 1.29 is 0 Å². The van der Waals surface area contributed by atoms with E-state index >= 15 is 0 Å². The molecule has 51 heavy (non-hydrogen) atoms. The molecule has 2 aliphatic rings. The van der Waals surface area contributed by atoms with Crippen LogP contribution in [-0.2, 0) is 0 Å². The lowest BCUT2D eigenvalue weighted by Crippen LogP contribution is -2.42. The smallest absolute Gasteiger partial charge is 0.367 e. The van der Waals surface area contributed by atoms with Crippen LogP contribution in [0.25, 0.3) is 69.9 Å². The highest BCUT2D eigenvalue weighted by atomic mass is 32.1. The minimum Gasteiger partial charge on any atom is -0.367 e. The fraction of sp³-hybridized carbons (Fsp3) is 0. The van der Waals surface area contributed by atoms with Gasteiger partial charge >= 0.3 is 6.98 Å². The molecule has 3 nitrogen and oxygen atoms in total. The molecule has 0 fully saturated rings. The zero-order chi connectivity index (χ0) is 33.5. The number of hydrogen-bond acceptors (Lipinski definition) is 3. The van der Waals surface area contributed by atoms with Gasteiger partial charge in [0.15, 0.2) is 0 Å². The highest BCUT2D eigenvalue weighted by Gasteiger charge is 2.39. The molecule has 0 saturated carbocycles. The molecular formula is C46H30BN3S. The summed E-state index contributed by atoms with van der Waals surface area (Å²) in [7, 11) is 0. The summed E-state index contributed by atoms with van der Waals surface area (Å²) in [5, 5.41) is 5.16. The zero-order valence-electron chi connectivity index (χ0n) is 27.6. The van der Waals surface area contributed by atoms with Crippen molar-refractivity contribution >= 4 is 77.4 Å². The molecule has 0 radical (unpaired) electrons. The normalized spacial score (nSPS) is 13.6. The first kappa shape index (κ1) is 28.5. The number of aromatic nitrogens is 1. The summed E-state index contributed by atoms with van der Waals surface area (Å²) < 4.78 is 5.10. The lowest BCUT2D eigenvalue weighted by Gasteiger charge is -2.27. The second-order valence-electron chi connectivity index (χ2n) is 13.4. The van der Waals surface area contributed by atoms with E-state index in [-0.39, 0.29) is 6.98 Å². The number of para-hydroxylation sites is 3. The van der Waals surface area contributed by atoms with Crippen LogP contribution in [0.15, 0.2) is 182 Å². The van der Waals surface area contributed by atoms with Gasteiger partial charge < -0.3 is 14.2 Å². The first-order valence-electron chi connectivity index (χ1n) is 17.5. The molecule has 2 aromatic heterocycles. The molecule has 4 heterocycles. The van der Waals surface area contributed by atoms with Crippen LogP contribution in [0, 0.1) is 0 Å². The number of rotatable bonds is 4. The van der Waals surface area contributed by atoms with Crippen LogP contribution in [0.2, 0.25) is 0 Å². The third kappa shape index (κ3) is 4.32. The molecule has 0 amide bonds. The highest BCUT2D eigenvalue weighted by Crippen LogP contribution is 2.46. The van der Waals surface area contributed by atoms with Gasteiger partial charge in [-0.1, -0.05) is 109 Å². The van der Waals surface area contributed by atoms with Gasteiger partial charge in [-0.3, -0.25) is 0 Å². The first-order valence-corrected chi connectivity index (χ1v) is 18.3. The highest BCUT2D eigenvalue weighted by molar-refractivity contribution is 7.26. The van der Waals surface area contributed by atoms with Crippen molar-refractivity contribution in [2.45, 2.75) is 0 Å². The third-order valence-corrected chi connectivity index (χ3v) is 11.8. The molecule has 0 saturated heterocycles. The van der Waals surface area contributed by atoms with E-state index in [1.165, 1.54) is 81.3 Å². The monoisotopic (exact) mass is 667 g/mol. The topological polar surface area (TPSA) is 11.4 Å². The molecule has 2 aliphatic heterocycles. The molecule has 238 valence electrons. The molecule has 7 aromatic carbocycles. The van der Waals surface area contributed by atoms with Gasteiger partial charge in [-0.15, -0.1) is 11.3 Å². The Balaban J connectivity index is 1.03. The molecule has 0 N–H and O–H groups in total. The Morgan fingerprint density at radius 2 is 1.20 bits per heavy atom. The maximum atomic E-state index is 2.45. The molecule has 0 spiro atoms. The summed E-state index contributed by atoms with van der Waals surface area (Å²) in [6.07, 6.45) is 6.45. The van der Waals surface area contributed by atoms with Gasteiger partial charge in [0.1, 0.15) is 0 Å². The van der Waals surface area contributed by atoms with Crippen LogP contribution in [0.5, 0.6) is 0 Å². The maximum absolute atomic E-state index is 2.45. The van der Waals surface area contributed by atoms with Crippen molar-refractivity contribution in [2.75, 3.05) is 9.62 Å². The summed E-state index contributed by atoms with van der Waals surface area (Å²) in [5.74, 6) is 2.27. The van der Waals surface area contributed by atoms with Gasteiger partial charge in [-0.2, -0.15) is 0 Å². The minimum absolute atomic E-state index is 0.108. The van der Waals surface area contributed by atoms with Crippen molar-refractivity contribution in [3.05, 3.63) is 182 Å². The molecule has 0 unspecified atom stereocenters. The van der Waals surface area contributed by atoms with E-state index in [4.69, 9.17) is 0 Å². The van der Waals surface area contributed by atoms with Crippen LogP contribution < -0.4 is 9.62 Å². The van der Waals surface area contributed by atoms with Gasteiger partial charge in [-0.05, 0) is 95.2 Å². The lowest BCUT2D eigenvalue weighted by molar-refractivity contribution is 1.18. The van der Waals surface area contributed by atoms with E-state index in [0.29, 0.717) is 0 Å². The first-order chi connectivity index (χ1) is 25.3. The summed E-state index contributed by atoms with van der Waals surface area (Å²) in [6.45, 7) is 0.108. The fourth-order valence-electron chi connectivity index (χ4n) is 8.29. The summed E-state index contributed by atoms with van der Waals surface area (Å²) >= 11 is 1.88. The van der Waals surface area contributed by atoms with Crippen LogP contribution in [0.1, 0.15) is 0 Å². The summed E-state index contributed by atoms with van der Waals surface area (Å²) in [6, 6.07) is 57.9. The average molecular weight is 668 g/mol. The number of thiophene rings is 1. The van der Waals surface area contributed by atoms with Crippen LogP contribution in [-0.4, -0.2) is 11.5 Å². The Kier molecular flexibility index (Phi) is 6.22. The van der Waals surface area contributed by atoms with Gasteiger partial charge in [0.05, 0.1) is 22.4 Å². The van der Waals surface area contributed by atoms with E-state index in [2.05, 4.69) is 196 Å². The largest absolute Gasteiger partial charge is 0.412 e. The molecule has 9 aromatic rings. The number of anilines is 3. The Morgan fingerprint density at radius 3 is 2.14 bits per heavy atom. The Morgan fingerprint density at radius 1 is 0.471 bits per heavy atom. The predicted octanol–water partition coefficient (Wildman–Crippen LogP) is 12.6. The van der Waals surface area contributed by atoms with Gasteiger partial charge in [0.2, 0.25) is 0 Å². The summed E-state index contributed by atoms with van der Waals surface area (Å²) in [4.78, 5) is 4.81.